The Kier molecular flexibility index (Phi) is 2.47. The van der Waals surface area contributed by atoms with E-state index < -0.39 is 0 Å². The summed E-state index contributed by atoms with van der Waals surface area (Å²) >= 11 is 0. The maximum absolute atomic E-state index is 9.97. The molecule has 0 amide bonds. The molecule has 0 radical (unpaired) electrons. The monoisotopic (exact) mass is 187 g/mol. The van der Waals surface area contributed by atoms with Gasteiger partial charge < -0.3 is 0 Å². The lowest BCUT2D eigenvalue weighted by molar-refractivity contribution is 0.563. The van der Waals surface area contributed by atoms with Crippen molar-refractivity contribution in [2.45, 2.75) is 26.3 Å². The largest absolute Gasteiger partial charge is 0.235 e. The first-order valence-corrected chi connectivity index (χ1v) is 4.94. The predicted molar refractivity (Wildman–Crippen MR) is 54.8 cm³/mol. The van der Waals surface area contributed by atoms with Crippen molar-refractivity contribution < 1.29 is 4.79 Å². The molecule has 0 aromatic heterocycles. The first kappa shape index (κ1) is 9.17. The Morgan fingerprint density at radius 1 is 1.43 bits per heavy atom. The zero-order valence-electron chi connectivity index (χ0n) is 8.29. The molecule has 1 aliphatic carbocycles. The van der Waals surface area contributed by atoms with Gasteiger partial charge in [-0.15, -0.1) is 0 Å². The molecule has 72 valence electrons. The van der Waals surface area contributed by atoms with Crippen LogP contribution in [0.5, 0.6) is 0 Å². The summed E-state index contributed by atoms with van der Waals surface area (Å²) in [4.78, 5) is 13.6. The van der Waals surface area contributed by atoms with Crippen LogP contribution in [0.25, 0.3) is 0 Å². The molecule has 1 atom stereocenters. The second-order valence-corrected chi connectivity index (χ2v) is 4.02. The molecule has 1 aliphatic rings. The second-order valence-electron chi connectivity index (χ2n) is 4.02. The maximum Gasteiger partial charge on any atom is 0.235 e. The van der Waals surface area contributed by atoms with E-state index in [-0.39, 0.29) is 0 Å². The Balaban J connectivity index is 2.23. The number of rotatable bonds is 2. The van der Waals surface area contributed by atoms with Gasteiger partial charge in [-0.1, -0.05) is 25.1 Å². The minimum Gasteiger partial charge on any atom is -0.211 e. The highest BCUT2D eigenvalue weighted by atomic mass is 16.1. The van der Waals surface area contributed by atoms with E-state index in [9.17, 15) is 4.79 Å². The molecule has 14 heavy (non-hydrogen) atoms. The average Bonchev–Trinajstić information content (AvgIpc) is 2.54. The number of hydrogen-bond donors (Lipinski definition) is 0. The van der Waals surface area contributed by atoms with Crippen molar-refractivity contribution in [1.82, 2.24) is 0 Å². The minimum absolute atomic E-state index is 0.463. The predicted octanol–water partition coefficient (Wildman–Crippen LogP) is 2.26. The van der Waals surface area contributed by atoms with Crippen LogP contribution in [-0.2, 0) is 24.2 Å². The zero-order valence-corrected chi connectivity index (χ0v) is 8.29. The van der Waals surface area contributed by atoms with Crippen LogP contribution in [0.4, 0.5) is 0 Å². The molecular formula is C12H13NO. The number of fused-ring (bicyclic) bond motifs is 1. The zero-order chi connectivity index (χ0) is 9.97. The summed E-state index contributed by atoms with van der Waals surface area (Å²) in [6, 6.07) is 6.38. The summed E-state index contributed by atoms with van der Waals surface area (Å²) in [6.07, 6.45) is 3.92. The SMILES string of the molecule is CC1Cc2ccc(CN=C=O)cc2C1. The lowest BCUT2D eigenvalue weighted by atomic mass is 10.1. The lowest BCUT2D eigenvalue weighted by Gasteiger charge is -2.00. The van der Waals surface area contributed by atoms with Crippen molar-refractivity contribution in [3.63, 3.8) is 0 Å². The summed E-state index contributed by atoms with van der Waals surface area (Å²) in [5, 5.41) is 0. The summed E-state index contributed by atoms with van der Waals surface area (Å²) < 4.78 is 0. The number of nitrogens with zero attached hydrogens (tertiary/aromatic N) is 1. The quantitative estimate of drug-likeness (QED) is 0.516. The minimum atomic E-state index is 0.463. The van der Waals surface area contributed by atoms with Gasteiger partial charge in [0.2, 0.25) is 6.08 Å². The second kappa shape index (κ2) is 3.77. The fourth-order valence-electron chi connectivity index (χ4n) is 2.11. The molecule has 0 fully saturated rings. The first-order valence-electron chi connectivity index (χ1n) is 4.94. The van der Waals surface area contributed by atoms with E-state index in [4.69, 9.17) is 0 Å². The molecule has 2 nitrogen and oxygen atoms in total. The maximum atomic E-state index is 9.97. The molecular weight excluding hydrogens is 174 g/mol. The molecule has 1 unspecified atom stereocenters. The molecule has 0 heterocycles. The third kappa shape index (κ3) is 1.75. The van der Waals surface area contributed by atoms with Crippen LogP contribution in [0, 0.1) is 5.92 Å². The highest BCUT2D eigenvalue weighted by molar-refractivity contribution is 5.38. The van der Waals surface area contributed by atoms with Crippen LogP contribution in [0.1, 0.15) is 23.6 Å². The Morgan fingerprint density at radius 3 is 3.00 bits per heavy atom. The van der Waals surface area contributed by atoms with Crippen LogP contribution in [-0.4, -0.2) is 6.08 Å². The smallest absolute Gasteiger partial charge is 0.211 e. The Labute approximate surface area is 83.7 Å². The number of benzene rings is 1. The summed E-state index contributed by atoms with van der Waals surface area (Å²) in [5.74, 6) is 0.759. The molecule has 2 heteroatoms. The van der Waals surface area contributed by atoms with Crippen molar-refractivity contribution in [3.05, 3.63) is 34.9 Å². The van der Waals surface area contributed by atoms with Crippen LogP contribution < -0.4 is 0 Å². The molecule has 1 aromatic carbocycles. The van der Waals surface area contributed by atoms with Gasteiger partial charge in [-0.05, 0) is 35.4 Å². The molecule has 0 spiro atoms. The molecule has 0 bridgehead atoms. The van der Waals surface area contributed by atoms with E-state index in [2.05, 4.69) is 30.1 Å². The average molecular weight is 187 g/mol. The van der Waals surface area contributed by atoms with E-state index in [1.165, 1.54) is 17.5 Å². The summed E-state index contributed by atoms with van der Waals surface area (Å²) in [5.41, 5.74) is 3.99. The van der Waals surface area contributed by atoms with E-state index >= 15 is 0 Å². The number of aliphatic imine (C=N–C) groups is 1. The normalized spacial score (nSPS) is 18.8. The summed E-state index contributed by atoms with van der Waals surface area (Å²) in [7, 11) is 0. The number of carbonyl (C=O) groups excluding carboxylic acids is 1. The number of hydrogen-bond acceptors (Lipinski definition) is 2. The van der Waals surface area contributed by atoms with E-state index in [0.717, 1.165) is 17.9 Å². The Morgan fingerprint density at radius 2 is 2.21 bits per heavy atom. The van der Waals surface area contributed by atoms with Crippen molar-refractivity contribution in [3.8, 4) is 0 Å². The van der Waals surface area contributed by atoms with Crippen LogP contribution in [0.3, 0.4) is 0 Å². The fraction of sp³-hybridized carbons (Fsp3) is 0.417. The van der Waals surface area contributed by atoms with Crippen LogP contribution in [0.15, 0.2) is 23.2 Å². The van der Waals surface area contributed by atoms with Crippen molar-refractivity contribution in [2.75, 3.05) is 0 Å². The number of isocyanates is 1. The molecule has 0 saturated carbocycles. The van der Waals surface area contributed by atoms with Crippen molar-refractivity contribution >= 4 is 6.08 Å². The van der Waals surface area contributed by atoms with Gasteiger partial charge in [0.25, 0.3) is 0 Å². The van der Waals surface area contributed by atoms with Gasteiger partial charge in [-0.25, -0.2) is 9.79 Å². The van der Waals surface area contributed by atoms with Gasteiger partial charge in [-0.3, -0.25) is 0 Å². The van der Waals surface area contributed by atoms with Crippen molar-refractivity contribution in [1.29, 1.82) is 0 Å². The van der Waals surface area contributed by atoms with Crippen LogP contribution in [0.2, 0.25) is 0 Å². The van der Waals surface area contributed by atoms with E-state index in [0.29, 0.717) is 6.54 Å². The third-order valence-electron chi connectivity index (χ3n) is 2.73. The molecule has 1 aromatic rings. The molecule has 0 saturated heterocycles. The Bertz CT molecular complexity index is 391. The first-order chi connectivity index (χ1) is 6.79. The van der Waals surface area contributed by atoms with Gasteiger partial charge >= 0.3 is 0 Å². The third-order valence-corrected chi connectivity index (χ3v) is 2.73. The topological polar surface area (TPSA) is 29.4 Å². The van der Waals surface area contributed by atoms with Gasteiger partial charge in [0.05, 0.1) is 6.54 Å². The van der Waals surface area contributed by atoms with Crippen molar-refractivity contribution in [2.24, 2.45) is 10.9 Å². The highest BCUT2D eigenvalue weighted by Gasteiger charge is 2.17. The van der Waals surface area contributed by atoms with Crippen LogP contribution >= 0.6 is 0 Å². The van der Waals surface area contributed by atoms with Gasteiger partial charge in [0, 0.05) is 0 Å². The molecule has 0 aliphatic heterocycles. The summed E-state index contributed by atoms with van der Waals surface area (Å²) in [6.45, 7) is 2.73. The lowest BCUT2D eigenvalue weighted by Crippen LogP contribution is -1.89. The van der Waals surface area contributed by atoms with Gasteiger partial charge in [-0.2, -0.15) is 0 Å². The van der Waals surface area contributed by atoms with Gasteiger partial charge in [0.1, 0.15) is 0 Å². The molecule has 2 rings (SSSR count). The standard InChI is InChI=1S/C12H13NO/c1-9-4-11-3-2-10(7-13-8-14)6-12(11)5-9/h2-3,6,9H,4-5,7H2,1H3. The Hall–Kier alpha value is -1.40. The van der Waals surface area contributed by atoms with E-state index in [1.807, 2.05) is 0 Å². The highest BCUT2D eigenvalue weighted by Crippen LogP contribution is 2.27. The van der Waals surface area contributed by atoms with E-state index in [1.54, 1.807) is 6.08 Å². The molecule has 0 N–H and O–H groups in total. The van der Waals surface area contributed by atoms with Gasteiger partial charge in [0.15, 0.2) is 0 Å². The fourth-order valence-corrected chi connectivity index (χ4v) is 2.11.